The number of nitro groups is 1. The molecule has 108 valence electrons. The first-order chi connectivity index (χ1) is 9.11. The van der Waals surface area contributed by atoms with Gasteiger partial charge < -0.3 is 10.1 Å². The van der Waals surface area contributed by atoms with Gasteiger partial charge in [0.1, 0.15) is 5.69 Å². The quantitative estimate of drug-likeness (QED) is 0.422. The smallest absolute Gasteiger partial charge is 0.333 e. The van der Waals surface area contributed by atoms with Gasteiger partial charge in [0.25, 0.3) is 0 Å². The Bertz CT molecular complexity index is 417. The maximum atomic E-state index is 11.1. The van der Waals surface area contributed by atoms with Crippen molar-refractivity contribution in [1.82, 2.24) is 9.78 Å². The van der Waals surface area contributed by atoms with Gasteiger partial charge in [-0.25, -0.2) is 4.68 Å². The first-order valence-electron chi connectivity index (χ1n) is 6.63. The van der Waals surface area contributed by atoms with E-state index in [0.717, 1.165) is 19.4 Å². The number of aromatic nitrogens is 2. The zero-order valence-electron chi connectivity index (χ0n) is 11.8. The van der Waals surface area contributed by atoms with E-state index in [4.69, 9.17) is 4.74 Å². The van der Waals surface area contributed by atoms with Gasteiger partial charge in [-0.2, -0.15) is 5.10 Å². The van der Waals surface area contributed by atoms with Crippen LogP contribution in [0.2, 0.25) is 0 Å². The first-order valence-corrected chi connectivity index (χ1v) is 6.63. The number of rotatable bonds is 9. The summed E-state index contributed by atoms with van der Waals surface area (Å²) < 4.78 is 6.92. The van der Waals surface area contributed by atoms with E-state index in [0.29, 0.717) is 31.1 Å². The third-order valence-electron chi connectivity index (χ3n) is 2.79. The average Bonchev–Trinajstić information content (AvgIpc) is 2.70. The van der Waals surface area contributed by atoms with Crippen LogP contribution in [0.4, 0.5) is 11.5 Å². The predicted octanol–water partition coefficient (Wildman–Crippen LogP) is 2.12. The molecular weight excluding hydrogens is 248 g/mol. The van der Waals surface area contributed by atoms with Crippen molar-refractivity contribution in [2.75, 3.05) is 25.1 Å². The highest BCUT2D eigenvalue weighted by Crippen LogP contribution is 2.27. The summed E-state index contributed by atoms with van der Waals surface area (Å²) >= 11 is 0. The summed E-state index contributed by atoms with van der Waals surface area (Å²) in [6.45, 7) is 5.75. The lowest BCUT2D eigenvalue weighted by atomic mass is 10.3. The highest BCUT2D eigenvalue weighted by molar-refractivity contribution is 5.59. The van der Waals surface area contributed by atoms with Gasteiger partial charge in [0, 0.05) is 20.2 Å². The van der Waals surface area contributed by atoms with Crippen LogP contribution in [0, 0.1) is 10.1 Å². The van der Waals surface area contributed by atoms with E-state index in [2.05, 4.69) is 17.3 Å². The van der Waals surface area contributed by atoms with Gasteiger partial charge in [-0.15, -0.1) is 0 Å². The van der Waals surface area contributed by atoms with Crippen LogP contribution in [0.5, 0.6) is 0 Å². The molecule has 0 aliphatic rings. The zero-order chi connectivity index (χ0) is 14.3. The molecule has 0 aromatic carbocycles. The Morgan fingerprint density at radius 2 is 2.16 bits per heavy atom. The van der Waals surface area contributed by atoms with Crippen LogP contribution in [0.3, 0.4) is 0 Å². The summed E-state index contributed by atoms with van der Waals surface area (Å²) in [6.07, 6.45) is 2.67. The molecule has 0 unspecified atom stereocenters. The number of aryl methyl sites for hydroxylation is 2. The number of nitrogens with one attached hydrogen (secondary N) is 1. The Morgan fingerprint density at radius 3 is 2.74 bits per heavy atom. The molecule has 0 saturated carbocycles. The predicted molar refractivity (Wildman–Crippen MR) is 73.5 cm³/mol. The molecule has 0 spiro atoms. The van der Waals surface area contributed by atoms with E-state index < -0.39 is 0 Å². The second kappa shape index (κ2) is 7.73. The van der Waals surface area contributed by atoms with E-state index in [-0.39, 0.29) is 10.6 Å². The Morgan fingerprint density at radius 1 is 1.42 bits per heavy atom. The van der Waals surface area contributed by atoms with E-state index >= 15 is 0 Å². The van der Waals surface area contributed by atoms with Crippen molar-refractivity contribution in [3.05, 3.63) is 15.8 Å². The van der Waals surface area contributed by atoms with Crippen molar-refractivity contribution in [1.29, 1.82) is 0 Å². The highest BCUT2D eigenvalue weighted by Gasteiger charge is 2.24. The Kier molecular flexibility index (Phi) is 6.27. The van der Waals surface area contributed by atoms with Gasteiger partial charge in [0.15, 0.2) is 0 Å². The van der Waals surface area contributed by atoms with Crippen molar-refractivity contribution >= 4 is 11.5 Å². The van der Waals surface area contributed by atoms with Crippen LogP contribution in [0.15, 0.2) is 0 Å². The molecule has 0 radical (unpaired) electrons. The highest BCUT2D eigenvalue weighted by atomic mass is 16.6. The van der Waals surface area contributed by atoms with E-state index in [1.807, 2.05) is 6.92 Å². The maximum Gasteiger partial charge on any atom is 0.333 e. The number of unbranched alkanes of at least 4 members (excludes halogenated alkanes) is 1. The van der Waals surface area contributed by atoms with Gasteiger partial charge in [-0.1, -0.05) is 20.3 Å². The zero-order valence-corrected chi connectivity index (χ0v) is 11.8. The Hall–Kier alpha value is -1.63. The Balaban J connectivity index is 2.57. The summed E-state index contributed by atoms with van der Waals surface area (Å²) in [5, 5.41) is 18.2. The molecule has 0 aliphatic carbocycles. The van der Waals surface area contributed by atoms with Crippen LogP contribution >= 0.6 is 0 Å². The summed E-state index contributed by atoms with van der Waals surface area (Å²) in [4.78, 5) is 10.7. The van der Waals surface area contributed by atoms with E-state index in [1.54, 1.807) is 7.05 Å². The standard InChI is InChI=1S/C12H22N4O3/c1-4-6-8-19-9-7-13-12-11(16(17)18)10(5-2)14-15(12)3/h13H,4-9H2,1-3H3. The third-order valence-corrected chi connectivity index (χ3v) is 2.79. The molecule has 1 aromatic heterocycles. The van der Waals surface area contributed by atoms with Crippen molar-refractivity contribution in [2.45, 2.75) is 33.1 Å². The number of ether oxygens (including phenoxy) is 1. The number of nitrogens with zero attached hydrogens (tertiary/aromatic N) is 3. The van der Waals surface area contributed by atoms with Crippen LogP contribution < -0.4 is 5.32 Å². The lowest BCUT2D eigenvalue weighted by Gasteiger charge is -2.06. The van der Waals surface area contributed by atoms with Gasteiger partial charge in [-0.05, 0) is 12.8 Å². The Labute approximate surface area is 113 Å². The molecule has 1 rings (SSSR count). The fraction of sp³-hybridized carbons (Fsp3) is 0.750. The summed E-state index contributed by atoms with van der Waals surface area (Å²) in [6, 6.07) is 0. The minimum Gasteiger partial charge on any atom is -0.380 e. The monoisotopic (exact) mass is 270 g/mol. The molecule has 1 aromatic rings. The molecule has 0 bridgehead atoms. The number of anilines is 1. The molecule has 1 N–H and O–H groups in total. The molecule has 7 nitrogen and oxygen atoms in total. The average molecular weight is 270 g/mol. The van der Waals surface area contributed by atoms with Crippen molar-refractivity contribution in [3.8, 4) is 0 Å². The molecule has 7 heteroatoms. The fourth-order valence-electron chi connectivity index (χ4n) is 1.79. The minimum absolute atomic E-state index is 0.0681. The van der Waals surface area contributed by atoms with Gasteiger partial charge >= 0.3 is 5.69 Å². The van der Waals surface area contributed by atoms with Crippen molar-refractivity contribution in [3.63, 3.8) is 0 Å². The number of hydrogen-bond acceptors (Lipinski definition) is 5. The van der Waals surface area contributed by atoms with Crippen LogP contribution in [-0.2, 0) is 18.2 Å². The second-order valence-corrected chi connectivity index (χ2v) is 4.27. The first kappa shape index (κ1) is 15.4. The molecular formula is C12H22N4O3. The topological polar surface area (TPSA) is 82.2 Å². The molecule has 0 aliphatic heterocycles. The van der Waals surface area contributed by atoms with Gasteiger partial charge in [0.2, 0.25) is 5.82 Å². The summed E-state index contributed by atoms with van der Waals surface area (Å²) in [5.74, 6) is 0.445. The maximum absolute atomic E-state index is 11.1. The van der Waals surface area contributed by atoms with Gasteiger partial charge in [0.05, 0.1) is 11.5 Å². The van der Waals surface area contributed by atoms with Crippen LogP contribution in [-0.4, -0.2) is 34.5 Å². The normalized spacial score (nSPS) is 10.7. The van der Waals surface area contributed by atoms with Crippen molar-refractivity contribution < 1.29 is 9.66 Å². The lowest BCUT2D eigenvalue weighted by Crippen LogP contribution is -2.13. The van der Waals surface area contributed by atoms with E-state index in [1.165, 1.54) is 4.68 Å². The molecule has 0 amide bonds. The van der Waals surface area contributed by atoms with E-state index in [9.17, 15) is 10.1 Å². The largest absolute Gasteiger partial charge is 0.380 e. The molecule has 0 fully saturated rings. The molecule has 0 saturated heterocycles. The summed E-state index contributed by atoms with van der Waals surface area (Å²) in [5.41, 5.74) is 0.570. The van der Waals surface area contributed by atoms with Gasteiger partial charge in [-0.3, -0.25) is 10.1 Å². The van der Waals surface area contributed by atoms with Crippen LogP contribution in [0.1, 0.15) is 32.4 Å². The lowest BCUT2D eigenvalue weighted by molar-refractivity contribution is -0.384. The molecule has 0 atom stereocenters. The summed E-state index contributed by atoms with van der Waals surface area (Å²) in [7, 11) is 1.70. The molecule has 1 heterocycles. The number of hydrogen-bond donors (Lipinski definition) is 1. The second-order valence-electron chi connectivity index (χ2n) is 4.27. The van der Waals surface area contributed by atoms with Crippen molar-refractivity contribution in [2.24, 2.45) is 7.05 Å². The SMILES string of the molecule is CCCCOCCNc1c([N+](=O)[O-])c(CC)nn1C. The third kappa shape index (κ3) is 4.20. The minimum atomic E-state index is -0.383. The molecule has 19 heavy (non-hydrogen) atoms. The fourth-order valence-corrected chi connectivity index (χ4v) is 1.79. The van der Waals surface area contributed by atoms with Crippen LogP contribution in [0.25, 0.3) is 0 Å².